The maximum atomic E-state index is 11.4. The third kappa shape index (κ3) is 5.43. The van der Waals surface area contributed by atoms with Crippen molar-refractivity contribution in [3.63, 3.8) is 0 Å². The van der Waals surface area contributed by atoms with E-state index < -0.39 is 21.7 Å². The summed E-state index contributed by atoms with van der Waals surface area (Å²) in [4.78, 5) is 10.3. The van der Waals surface area contributed by atoms with Gasteiger partial charge in [-0.1, -0.05) is 13.8 Å². The molecule has 1 unspecified atom stereocenters. The Morgan fingerprint density at radius 2 is 1.94 bits per heavy atom. The summed E-state index contributed by atoms with van der Waals surface area (Å²) in [7, 11) is -2.34. The second-order valence-electron chi connectivity index (χ2n) is 4.17. The Morgan fingerprint density at radius 1 is 1.44 bits per heavy atom. The normalized spacial score (nSPS) is 14.4. The van der Waals surface area contributed by atoms with E-state index in [1.165, 1.54) is 7.05 Å². The lowest BCUT2D eigenvalue weighted by atomic mass is 10.0. The number of carboxylic acid groups (broad SMARTS) is 1. The molecule has 0 heterocycles. The van der Waals surface area contributed by atoms with Gasteiger partial charge in [0.25, 0.3) is 0 Å². The first-order valence-electron chi connectivity index (χ1n) is 5.08. The van der Waals surface area contributed by atoms with Crippen LogP contribution in [0.4, 0.5) is 0 Å². The van der Waals surface area contributed by atoms with Crippen LogP contribution in [0.25, 0.3) is 0 Å². The Morgan fingerprint density at radius 3 is 2.31 bits per heavy atom. The van der Waals surface area contributed by atoms with Crippen LogP contribution >= 0.6 is 0 Å². The molecular formula is C9H20N2O4S. The average molecular weight is 252 g/mol. The first-order chi connectivity index (χ1) is 7.16. The largest absolute Gasteiger partial charge is 0.480 e. The first kappa shape index (κ1) is 15.3. The molecule has 1 atom stereocenters. The van der Waals surface area contributed by atoms with E-state index in [1.54, 1.807) is 0 Å². The molecule has 0 bridgehead atoms. The van der Waals surface area contributed by atoms with Crippen molar-refractivity contribution >= 4 is 16.0 Å². The topological polar surface area (TPSA) is 101 Å². The molecule has 16 heavy (non-hydrogen) atoms. The number of carbonyl (C=O) groups is 1. The molecule has 0 aromatic carbocycles. The minimum Gasteiger partial charge on any atom is -0.480 e. The summed E-state index contributed by atoms with van der Waals surface area (Å²) in [5.41, 5.74) is 5.77. The van der Waals surface area contributed by atoms with Crippen LogP contribution in [0.3, 0.4) is 0 Å². The van der Waals surface area contributed by atoms with Gasteiger partial charge in [-0.3, -0.25) is 4.79 Å². The maximum Gasteiger partial charge on any atom is 0.320 e. The second-order valence-corrected chi connectivity index (χ2v) is 6.24. The first-order valence-corrected chi connectivity index (χ1v) is 6.69. The van der Waals surface area contributed by atoms with Gasteiger partial charge in [0.15, 0.2) is 5.75 Å². The molecule has 0 aromatic heterocycles. The van der Waals surface area contributed by atoms with Crippen LogP contribution in [-0.4, -0.2) is 49.2 Å². The Bertz CT molecular complexity index is 326. The number of rotatable bonds is 7. The highest BCUT2D eigenvalue weighted by Gasteiger charge is 2.22. The fourth-order valence-corrected chi connectivity index (χ4v) is 1.99. The van der Waals surface area contributed by atoms with Gasteiger partial charge in [-0.05, 0) is 12.3 Å². The van der Waals surface area contributed by atoms with Crippen molar-refractivity contribution in [2.24, 2.45) is 11.7 Å². The summed E-state index contributed by atoms with van der Waals surface area (Å²) in [6.45, 7) is 4.15. The lowest BCUT2D eigenvalue weighted by Gasteiger charge is -2.20. The molecule has 0 radical (unpaired) electrons. The van der Waals surface area contributed by atoms with E-state index >= 15 is 0 Å². The lowest BCUT2D eigenvalue weighted by Crippen LogP contribution is -2.37. The number of hydrogen-bond donors (Lipinski definition) is 2. The van der Waals surface area contributed by atoms with Crippen molar-refractivity contribution in [3.8, 4) is 0 Å². The van der Waals surface area contributed by atoms with Gasteiger partial charge in [0, 0.05) is 19.6 Å². The van der Waals surface area contributed by atoms with E-state index in [-0.39, 0.29) is 18.5 Å². The van der Waals surface area contributed by atoms with Crippen LogP contribution in [0.15, 0.2) is 0 Å². The minimum atomic E-state index is -3.70. The van der Waals surface area contributed by atoms with E-state index in [0.29, 0.717) is 6.42 Å². The van der Waals surface area contributed by atoms with E-state index in [4.69, 9.17) is 10.8 Å². The summed E-state index contributed by atoms with van der Waals surface area (Å²) in [5.74, 6) is -1.95. The molecule has 0 rings (SSSR count). The van der Waals surface area contributed by atoms with Crippen LogP contribution in [0.1, 0.15) is 20.3 Å². The standard InChI is InChI=1S/C9H20N2O4S/c1-7(2)8(10)4-5-11(3)16(14,15)6-9(12)13/h7-8H,4-6,10H2,1-3H3,(H,12,13). The van der Waals surface area contributed by atoms with Crippen molar-refractivity contribution in [1.82, 2.24) is 4.31 Å². The number of nitrogens with zero attached hydrogens (tertiary/aromatic N) is 1. The summed E-state index contributed by atoms with van der Waals surface area (Å²) in [6, 6.07) is -0.0810. The molecule has 0 aliphatic carbocycles. The summed E-state index contributed by atoms with van der Waals surface area (Å²) in [6.07, 6.45) is 0.521. The van der Waals surface area contributed by atoms with Gasteiger partial charge in [-0.25, -0.2) is 12.7 Å². The molecule has 0 spiro atoms. The predicted molar refractivity (Wildman–Crippen MR) is 61.5 cm³/mol. The number of nitrogens with two attached hydrogens (primary N) is 1. The van der Waals surface area contributed by atoms with Crippen molar-refractivity contribution < 1.29 is 18.3 Å². The average Bonchev–Trinajstić information content (AvgIpc) is 2.10. The summed E-state index contributed by atoms with van der Waals surface area (Å²) < 4.78 is 23.9. The highest BCUT2D eigenvalue weighted by Crippen LogP contribution is 2.06. The molecule has 0 aliphatic rings. The van der Waals surface area contributed by atoms with Gasteiger partial charge in [0.1, 0.15) is 0 Å². The molecule has 0 saturated heterocycles. The Kier molecular flexibility index (Phi) is 5.91. The van der Waals surface area contributed by atoms with Crippen LogP contribution in [0.5, 0.6) is 0 Å². The number of aliphatic carboxylic acids is 1. The molecule has 96 valence electrons. The SMILES string of the molecule is CC(C)C(N)CCN(C)S(=O)(=O)CC(=O)O. The third-order valence-corrected chi connectivity index (χ3v) is 4.16. The molecule has 0 aliphatic heterocycles. The monoisotopic (exact) mass is 252 g/mol. The highest BCUT2D eigenvalue weighted by atomic mass is 32.2. The number of carboxylic acids is 1. The zero-order valence-electron chi connectivity index (χ0n) is 9.88. The fourth-order valence-electron chi connectivity index (χ4n) is 1.07. The molecule has 0 amide bonds. The van der Waals surface area contributed by atoms with Crippen molar-refractivity contribution in [2.45, 2.75) is 26.3 Å². The number of sulfonamides is 1. The van der Waals surface area contributed by atoms with Gasteiger partial charge < -0.3 is 10.8 Å². The zero-order valence-corrected chi connectivity index (χ0v) is 10.7. The smallest absolute Gasteiger partial charge is 0.320 e. The maximum absolute atomic E-state index is 11.4. The number of hydrogen-bond acceptors (Lipinski definition) is 4. The Hall–Kier alpha value is -0.660. The van der Waals surface area contributed by atoms with Gasteiger partial charge in [0.05, 0.1) is 0 Å². The van der Waals surface area contributed by atoms with E-state index in [2.05, 4.69) is 0 Å². The van der Waals surface area contributed by atoms with Crippen LogP contribution in [-0.2, 0) is 14.8 Å². The minimum absolute atomic E-state index is 0.0810. The Labute approximate surface area is 96.5 Å². The van der Waals surface area contributed by atoms with Crippen LogP contribution in [0, 0.1) is 5.92 Å². The predicted octanol–water partition coefficient (Wildman–Crippen LogP) is -0.294. The third-order valence-electron chi connectivity index (χ3n) is 2.41. The van der Waals surface area contributed by atoms with Gasteiger partial charge >= 0.3 is 5.97 Å². The van der Waals surface area contributed by atoms with E-state index in [1.807, 2.05) is 13.8 Å². The van der Waals surface area contributed by atoms with E-state index in [0.717, 1.165) is 4.31 Å². The molecule has 7 heteroatoms. The Balaban J connectivity index is 4.26. The molecule has 3 N–H and O–H groups in total. The van der Waals surface area contributed by atoms with Crippen LogP contribution in [0.2, 0.25) is 0 Å². The van der Waals surface area contributed by atoms with Crippen LogP contribution < -0.4 is 5.73 Å². The lowest BCUT2D eigenvalue weighted by molar-refractivity contribution is -0.134. The van der Waals surface area contributed by atoms with Gasteiger partial charge in [-0.15, -0.1) is 0 Å². The quantitative estimate of drug-likeness (QED) is 0.648. The molecule has 0 saturated carbocycles. The highest BCUT2D eigenvalue weighted by molar-refractivity contribution is 7.89. The van der Waals surface area contributed by atoms with Gasteiger partial charge in [-0.2, -0.15) is 0 Å². The van der Waals surface area contributed by atoms with Crippen molar-refractivity contribution in [1.29, 1.82) is 0 Å². The van der Waals surface area contributed by atoms with Gasteiger partial charge in [0.2, 0.25) is 10.0 Å². The molecule has 6 nitrogen and oxygen atoms in total. The molecule has 0 fully saturated rings. The fraction of sp³-hybridized carbons (Fsp3) is 0.889. The van der Waals surface area contributed by atoms with Crippen molar-refractivity contribution in [2.75, 3.05) is 19.3 Å². The molecule has 0 aromatic rings. The summed E-state index contributed by atoms with van der Waals surface area (Å²) in [5, 5.41) is 8.43. The van der Waals surface area contributed by atoms with Crippen molar-refractivity contribution in [3.05, 3.63) is 0 Å². The second kappa shape index (κ2) is 6.17. The summed E-state index contributed by atoms with van der Waals surface area (Å²) >= 11 is 0. The van der Waals surface area contributed by atoms with E-state index in [9.17, 15) is 13.2 Å². The molecular weight excluding hydrogens is 232 g/mol. The zero-order chi connectivity index (χ0) is 12.9.